The second-order valence-electron chi connectivity index (χ2n) is 5.24. The van der Waals surface area contributed by atoms with Crippen LogP contribution in [0.5, 0.6) is 0 Å². The van der Waals surface area contributed by atoms with Gasteiger partial charge in [0.25, 0.3) is 5.91 Å². The molecule has 1 heterocycles. The standard InChI is InChI=1S/C18H11ClF3N3O/c19-10-2-1-3-11(8-10)24-12-4-7-15(23-9-12)25-18(26)13-5-6-14(20)17(22)16(13)21/h1-9,24H,(H,23,25,26). The Balaban J connectivity index is 1.71. The fourth-order valence-electron chi connectivity index (χ4n) is 2.16. The molecule has 0 spiro atoms. The maximum Gasteiger partial charge on any atom is 0.259 e. The summed E-state index contributed by atoms with van der Waals surface area (Å²) in [6, 6.07) is 11.7. The van der Waals surface area contributed by atoms with Crippen molar-refractivity contribution in [1.82, 2.24) is 4.98 Å². The lowest BCUT2D eigenvalue weighted by atomic mass is 10.2. The third-order valence-corrected chi connectivity index (χ3v) is 3.63. The number of benzene rings is 2. The van der Waals surface area contributed by atoms with Gasteiger partial charge in [-0.1, -0.05) is 17.7 Å². The summed E-state index contributed by atoms with van der Waals surface area (Å²) in [6.45, 7) is 0. The van der Waals surface area contributed by atoms with Gasteiger partial charge in [-0.3, -0.25) is 4.79 Å². The first-order valence-corrected chi connectivity index (χ1v) is 7.75. The average Bonchev–Trinajstić information content (AvgIpc) is 2.61. The fourth-order valence-corrected chi connectivity index (χ4v) is 2.35. The van der Waals surface area contributed by atoms with Crippen LogP contribution in [0.4, 0.5) is 30.4 Å². The predicted molar refractivity (Wildman–Crippen MR) is 93.2 cm³/mol. The SMILES string of the molecule is O=C(Nc1ccc(Nc2cccc(Cl)c2)cn1)c1ccc(F)c(F)c1F. The van der Waals surface area contributed by atoms with E-state index in [1.54, 1.807) is 24.3 Å². The number of hydrogen-bond donors (Lipinski definition) is 2. The molecule has 4 nitrogen and oxygen atoms in total. The molecule has 2 N–H and O–H groups in total. The summed E-state index contributed by atoms with van der Waals surface area (Å²) in [5, 5.41) is 5.96. The summed E-state index contributed by atoms with van der Waals surface area (Å²) in [5.41, 5.74) is 0.760. The molecule has 0 bridgehead atoms. The molecule has 1 amide bonds. The Hall–Kier alpha value is -3.06. The zero-order valence-electron chi connectivity index (χ0n) is 13.1. The summed E-state index contributed by atoms with van der Waals surface area (Å²) < 4.78 is 39.8. The number of halogens is 4. The molecular weight excluding hydrogens is 367 g/mol. The van der Waals surface area contributed by atoms with Crippen molar-refractivity contribution < 1.29 is 18.0 Å². The van der Waals surface area contributed by atoms with Crippen LogP contribution in [-0.2, 0) is 0 Å². The predicted octanol–water partition coefficient (Wildman–Crippen LogP) is 5.15. The minimum Gasteiger partial charge on any atom is -0.354 e. The first-order chi connectivity index (χ1) is 12.4. The van der Waals surface area contributed by atoms with E-state index in [0.717, 1.165) is 11.8 Å². The first kappa shape index (κ1) is 17.8. The zero-order valence-corrected chi connectivity index (χ0v) is 13.8. The summed E-state index contributed by atoms with van der Waals surface area (Å²) in [6.07, 6.45) is 1.44. The van der Waals surface area contributed by atoms with Crippen molar-refractivity contribution in [3.8, 4) is 0 Å². The van der Waals surface area contributed by atoms with Crippen LogP contribution in [0.2, 0.25) is 5.02 Å². The summed E-state index contributed by atoms with van der Waals surface area (Å²) in [7, 11) is 0. The number of carbonyl (C=O) groups is 1. The maximum atomic E-state index is 13.6. The highest BCUT2D eigenvalue weighted by Crippen LogP contribution is 2.21. The Morgan fingerprint density at radius 1 is 0.962 bits per heavy atom. The van der Waals surface area contributed by atoms with Crippen molar-refractivity contribution in [3.05, 3.63) is 82.8 Å². The molecule has 0 aliphatic carbocycles. The molecule has 2 aromatic carbocycles. The van der Waals surface area contributed by atoms with E-state index in [9.17, 15) is 18.0 Å². The van der Waals surface area contributed by atoms with Gasteiger partial charge in [-0.15, -0.1) is 0 Å². The Labute approximate surface area is 151 Å². The molecule has 3 aromatic rings. The number of anilines is 3. The first-order valence-electron chi connectivity index (χ1n) is 7.37. The minimum absolute atomic E-state index is 0.121. The van der Waals surface area contributed by atoms with E-state index in [1.165, 1.54) is 12.3 Å². The quantitative estimate of drug-likeness (QED) is 0.618. The van der Waals surface area contributed by atoms with Gasteiger partial charge in [-0.2, -0.15) is 0 Å². The number of nitrogens with zero attached hydrogens (tertiary/aromatic N) is 1. The van der Waals surface area contributed by atoms with Crippen LogP contribution in [0.15, 0.2) is 54.7 Å². The third-order valence-electron chi connectivity index (χ3n) is 3.40. The van der Waals surface area contributed by atoms with Crippen LogP contribution in [0.1, 0.15) is 10.4 Å². The largest absolute Gasteiger partial charge is 0.354 e. The molecule has 0 radical (unpaired) electrons. The summed E-state index contributed by atoms with van der Waals surface area (Å²) in [5.74, 6) is -5.44. The molecule has 0 fully saturated rings. The maximum absolute atomic E-state index is 13.6. The molecular formula is C18H11ClF3N3O. The second-order valence-corrected chi connectivity index (χ2v) is 5.68. The van der Waals surface area contributed by atoms with Crippen LogP contribution >= 0.6 is 11.6 Å². The topological polar surface area (TPSA) is 54.0 Å². The number of aromatic nitrogens is 1. The van der Waals surface area contributed by atoms with Gasteiger partial charge in [0.1, 0.15) is 5.82 Å². The normalized spacial score (nSPS) is 10.5. The van der Waals surface area contributed by atoms with Gasteiger partial charge in [0, 0.05) is 10.7 Å². The molecule has 0 saturated carbocycles. The Morgan fingerprint density at radius 2 is 1.77 bits per heavy atom. The van der Waals surface area contributed by atoms with E-state index in [4.69, 9.17) is 11.6 Å². The highest BCUT2D eigenvalue weighted by Gasteiger charge is 2.19. The number of amides is 1. The van der Waals surface area contributed by atoms with Gasteiger partial charge in [-0.05, 0) is 42.5 Å². The Morgan fingerprint density at radius 3 is 2.46 bits per heavy atom. The van der Waals surface area contributed by atoms with E-state index >= 15 is 0 Å². The van der Waals surface area contributed by atoms with Crippen LogP contribution in [0.3, 0.4) is 0 Å². The third kappa shape index (κ3) is 3.94. The molecule has 132 valence electrons. The van der Waals surface area contributed by atoms with Crippen LogP contribution in [0, 0.1) is 17.5 Å². The molecule has 0 atom stereocenters. The highest BCUT2D eigenvalue weighted by molar-refractivity contribution is 6.30. The monoisotopic (exact) mass is 377 g/mol. The lowest BCUT2D eigenvalue weighted by Crippen LogP contribution is -2.16. The lowest BCUT2D eigenvalue weighted by Gasteiger charge is -2.09. The average molecular weight is 378 g/mol. The Bertz CT molecular complexity index is 964. The van der Waals surface area contributed by atoms with Crippen molar-refractivity contribution in [2.75, 3.05) is 10.6 Å². The van der Waals surface area contributed by atoms with Gasteiger partial charge >= 0.3 is 0 Å². The summed E-state index contributed by atoms with van der Waals surface area (Å²) in [4.78, 5) is 16.0. The lowest BCUT2D eigenvalue weighted by molar-refractivity contribution is 0.102. The zero-order chi connectivity index (χ0) is 18.7. The van der Waals surface area contributed by atoms with Crippen molar-refractivity contribution >= 4 is 34.7 Å². The van der Waals surface area contributed by atoms with Crippen molar-refractivity contribution in [3.63, 3.8) is 0 Å². The highest BCUT2D eigenvalue weighted by atomic mass is 35.5. The molecule has 0 aliphatic heterocycles. The van der Waals surface area contributed by atoms with E-state index < -0.39 is 28.9 Å². The van der Waals surface area contributed by atoms with Gasteiger partial charge in [0.2, 0.25) is 0 Å². The number of carbonyl (C=O) groups excluding carboxylic acids is 1. The second kappa shape index (κ2) is 7.45. The number of nitrogens with one attached hydrogen (secondary N) is 2. The molecule has 8 heteroatoms. The molecule has 0 aliphatic rings. The van der Waals surface area contributed by atoms with Crippen LogP contribution < -0.4 is 10.6 Å². The van der Waals surface area contributed by atoms with Crippen LogP contribution in [-0.4, -0.2) is 10.9 Å². The van der Waals surface area contributed by atoms with Crippen molar-refractivity contribution in [2.24, 2.45) is 0 Å². The number of pyridine rings is 1. The number of rotatable bonds is 4. The van der Waals surface area contributed by atoms with E-state index in [-0.39, 0.29) is 5.82 Å². The molecule has 0 unspecified atom stereocenters. The molecule has 26 heavy (non-hydrogen) atoms. The Kier molecular flexibility index (Phi) is 5.09. The minimum atomic E-state index is -1.70. The van der Waals surface area contributed by atoms with E-state index in [0.29, 0.717) is 16.8 Å². The van der Waals surface area contributed by atoms with E-state index in [2.05, 4.69) is 15.6 Å². The van der Waals surface area contributed by atoms with Gasteiger partial charge in [-0.25, -0.2) is 18.2 Å². The molecule has 1 aromatic heterocycles. The van der Waals surface area contributed by atoms with E-state index in [1.807, 2.05) is 6.07 Å². The fraction of sp³-hybridized carbons (Fsp3) is 0. The van der Waals surface area contributed by atoms with Crippen molar-refractivity contribution in [1.29, 1.82) is 0 Å². The smallest absolute Gasteiger partial charge is 0.259 e. The van der Waals surface area contributed by atoms with Gasteiger partial charge in [0.05, 0.1) is 17.4 Å². The molecule has 0 saturated heterocycles. The molecule has 3 rings (SSSR count). The number of hydrogen-bond acceptors (Lipinski definition) is 3. The van der Waals surface area contributed by atoms with Gasteiger partial charge < -0.3 is 10.6 Å². The van der Waals surface area contributed by atoms with Crippen molar-refractivity contribution in [2.45, 2.75) is 0 Å². The summed E-state index contributed by atoms with van der Waals surface area (Å²) >= 11 is 5.90. The van der Waals surface area contributed by atoms with Gasteiger partial charge in [0.15, 0.2) is 17.5 Å². The van der Waals surface area contributed by atoms with Crippen LogP contribution in [0.25, 0.3) is 0 Å².